The topological polar surface area (TPSA) is 105 Å². The highest BCUT2D eigenvalue weighted by molar-refractivity contribution is 5.70. The molecule has 6 nitrogen and oxygen atoms in total. The van der Waals surface area contributed by atoms with Crippen molar-refractivity contribution in [2.75, 3.05) is 11.5 Å². The van der Waals surface area contributed by atoms with Crippen LogP contribution in [0.2, 0.25) is 0 Å². The Morgan fingerprint density at radius 2 is 1.78 bits per heavy atom. The van der Waals surface area contributed by atoms with Crippen molar-refractivity contribution in [2.24, 2.45) is 10.2 Å². The zero-order valence-electron chi connectivity index (χ0n) is 10.4. The summed E-state index contributed by atoms with van der Waals surface area (Å²) in [7, 11) is 0. The summed E-state index contributed by atoms with van der Waals surface area (Å²) in [6.45, 7) is 4.28. The molecule has 0 atom stereocenters. The zero-order valence-corrected chi connectivity index (χ0v) is 10.4. The second kappa shape index (κ2) is 4.87. The van der Waals surface area contributed by atoms with Crippen LogP contribution in [0.15, 0.2) is 34.5 Å². The normalized spacial score (nSPS) is 11.5. The van der Waals surface area contributed by atoms with Gasteiger partial charge in [0.05, 0.1) is 5.69 Å². The number of anilines is 2. The van der Waals surface area contributed by atoms with E-state index in [1.54, 1.807) is 0 Å². The van der Waals surface area contributed by atoms with Crippen molar-refractivity contribution in [2.45, 2.75) is 19.8 Å². The highest BCUT2D eigenvalue weighted by Gasteiger charge is 2.06. The number of nitrogens with two attached hydrogens (primary N) is 2. The molecule has 2 rings (SSSR count). The van der Waals surface area contributed by atoms with Crippen LogP contribution >= 0.6 is 0 Å². The first-order valence-electron chi connectivity index (χ1n) is 5.69. The number of rotatable bonds is 3. The Morgan fingerprint density at radius 3 is 2.28 bits per heavy atom. The average molecular weight is 244 g/mol. The number of aromatic amines is 1. The summed E-state index contributed by atoms with van der Waals surface area (Å²) >= 11 is 0. The first kappa shape index (κ1) is 12.1. The van der Waals surface area contributed by atoms with E-state index >= 15 is 0 Å². The number of hydrogen-bond acceptors (Lipinski definition) is 5. The quantitative estimate of drug-likeness (QED) is 0.722. The summed E-state index contributed by atoms with van der Waals surface area (Å²) < 4.78 is 0. The van der Waals surface area contributed by atoms with Gasteiger partial charge in [-0.2, -0.15) is 10.2 Å². The van der Waals surface area contributed by atoms with Crippen LogP contribution in [-0.2, 0) is 0 Å². The van der Waals surface area contributed by atoms with Gasteiger partial charge in [-0.05, 0) is 23.6 Å². The second-order valence-corrected chi connectivity index (χ2v) is 4.32. The van der Waals surface area contributed by atoms with Crippen molar-refractivity contribution < 1.29 is 0 Å². The molecule has 0 saturated carbocycles. The van der Waals surface area contributed by atoms with Crippen LogP contribution in [0.1, 0.15) is 25.3 Å². The lowest BCUT2D eigenvalue weighted by Crippen LogP contribution is -1.85. The molecule has 2 aromatic rings. The number of benzene rings is 1. The smallest absolute Gasteiger partial charge is 0.175 e. The maximum atomic E-state index is 5.62. The number of hydrogen-bond donors (Lipinski definition) is 3. The Hall–Kier alpha value is -2.37. The number of nitrogen functional groups attached to an aromatic ring is 2. The average Bonchev–Trinajstić information content (AvgIpc) is 2.67. The van der Waals surface area contributed by atoms with Gasteiger partial charge in [0.2, 0.25) is 0 Å². The zero-order chi connectivity index (χ0) is 13.1. The molecule has 0 aliphatic rings. The van der Waals surface area contributed by atoms with E-state index in [9.17, 15) is 0 Å². The molecule has 94 valence electrons. The van der Waals surface area contributed by atoms with E-state index in [1.807, 2.05) is 24.3 Å². The Balaban J connectivity index is 2.19. The predicted octanol–water partition coefficient (Wildman–Crippen LogP) is 3.11. The summed E-state index contributed by atoms with van der Waals surface area (Å²) in [5.41, 5.74) is 13.6. The third kappa shape index (κ3) is 2.48. The van der Waals surface area contributed by atoms with Crippen LogP contribution < -0.4 is 11.5 Å². The summed E-state index contributed by atoms with van der Waals surface area (Å²) in [5.74, 6) is 1.06. The molecule has 1 aromatic carbocycles. The van der Waals surface area contributed by atoms with E-state index < -0.39 is 0 Å². The molecular weight excluding hydrogens is 228 g/mol. The third-order valence-corrected chi connectivity index (χ3v) is 2.62. The standard InChI is InChI=1S/C12H16N6/c1-7(2)8-3-5-9(6-4-8)15-16-10-11(13)17-18-12(10)14/h3-7H,1-2H3,(H5,13,14,17,18). The van der Waals surface area contributed by atoms with Gasteiger partial charge < -0.3 is 11.5 Å². The fraction of sp³-hybridized carbons (Fsp3) is 0.250. The van der Waals surface area contributed by atoms with Gasteiger partial charge in [-0.1, -0.05) is 26.0 Å². The lowest BCUT2D eigenvalue weighted by atomic mass is 10.0. The van der Waals surface area contributed by atoms with E-state index in [1.165, 1.54) is 5.56 Å². The molecule has 0 amide bonds. The van der Waals surface area contributed by atoms with Gasteiger partial charge in [0.25, 0.3) is 0 Å². The minimum Gasteiger partial charge on any atom is -0.382 e. The van der Waals surface area contributed by atoms with Gasteiger partial charge in [0.15, 0.2) is 11.5 Å². The number of aromatic nitrogens is 2. The lowest BCUT2D eigenvalue weighted by Gasteiger charge is -2.03. The minimum absolute atomic E-state index is 0.245. The molecule has 0 radical (unpaired) electrons. The van der Waals surface area contributed by atoms with E-state index in [2.05, 4.69) is 34.3 Å². The second-order valence-electron chi connectivity index (χ2n) is 4.32. The predicted molar refractivity (Wildman–Crippen MR) is 72.1 cm³/mol. The van der Waals surface area contributed by atoms with E-state index in [-0.39, 0.29) is 5.82 Å². The molecule has 1 aromatic heterocycles. The van der Waals surface area contributed by atoms with Gasteiger partial charge >= 0.3 is 0 Å². The van der Waals surface area contributed by atoms with Crippen LogP contribution in [0, 0.1) is 0 Å². The first-order chi connectivity index (χ1) is 8.58. The molecular formula is C12H16N6. The first-order valence-corrected chi connectivity index (χ1v) is 5.69. The van der Waals surface area contributed by atoms with Crippen molar-refractivity contribution in [1.29, 1.82) is 0 Å². The largest absolute Gasteiger partial charge is 0.382 e. The molecule has 0 fully saturated rings. The Bertz CT molecular complexity index is 533. The number of nitrogens with one attached hydrogen (secondary N) is 1. The lowest BCUT2D eigenvalue weighted by molar-refractivity contribution is 0.866. The highest BCUT2D eigenvalue weighted by atomic mass is 15.2. The fourth-order valence-electron chi connectivity index (χ4n) is 1.50. The van der Waals surface area contributed by atoms with Crippen LogP contribution in [0.25, 0.3) is 0 Å². The SMILES string of the molecule is CC(C)c1ccc(N=Nc2c(N)n[nH]c2N)cc1. The van der Waals surface area contributed by atoms with Gasteiger partial charge in [-0.15, -0.1) is 5.11 Å². The van der Waals surface area contributed by atoms with Crippen molar-refractivity contribution >= 4 is 23.0 Å². The molecule has 0 aliphatic carbocycles. The summed E-state index contributed by atoms with van der Waals surface area (Å²) in [5, 5.41) is 14.4. The van der Waals surface area contributed by atoms with Gasteiger partial charge in [0.1, 0.15) is 5.82 Å². The van der Waals surface area contributed by atoms with Crippen LogP contribution in [0.5, 0.6) is 0 Å². The minimum atomic E-state index is 0.245. The molecule has 0 saturated heterocycles. The number of azo groups is 1. The van der Waals surface area contributed by atoms with Crippen molar-refractivity contribution in [3.05, 3.63) is 29.8 Å². The monoisotopic (exact) mass is 244 g/mol. The van der Waals surface area contributed by atoms with E-state index in [0.717, 1.165) is 5.69 Å². The van der Waals surface area contributed by atoms with Crippen molar-refractivity contribution in [3.63, 3.8) is 0 Å². The maximum Gasteiger partial charge on any atom is 0.175 e. The summed E-state index contributed by atoms with van der Waals surface area (Å²) in [6.07, 6.45) is 0. The summed E-state index contributed by atoms with van der Waals surface area (Å²) in [4.78, 5) is 0. The van der Waals surface area contributed by atoms with Crippen molar-refractivity contribution in [3.8, 4) is 0 Å². The molecule has 18 heavy (non-hydrogen) atoms. The Kier molecular flexibility index (Phi) is 3.27. The summed E-state index contributed by atoms with van der Waals surface area (Å²) in [6, 6.07) is 7.87. The van der Waals surface area contributed by atoms with Crippen molar-refractivity contribution in [1.82, 2.24) is 10.2 Å². The Morgan fingerprint density at radius 1 is 1.11 bits per heavy atom. The van der Waals surface area contributed by atoms with E-state index in [4.69, 9.17) is 11.5 Å². The van der Waals surface area contributed by atoms with Crippen LogP contribution in [0.4, 0.5) is 23.0 Å². The van der Waals surface area contributed by atoms with Gasteiger partial charge in [-0.3, -0.25) is 5.10 Å². The molecule has 0 bridgehead atoms. The highest BCUT2D eigenvalue weighted by Crippen LogP contribution is 2.28. The molecule has 1 heterocycles. The van der Waals surface area contributed by atoms with Crippen LogP contribution in [-0.4, -0.2) is 10.2 Å². The Labute approximate surface area is 105 Å². The molecule has 0 aliphatic heterocycles. The molecule has 0 spiro atoms. The number of nitrogens with zero attached hydrogens (tertiary/aromatic N) is 3. The maximum absolute atomic E-state index is 5.62. The molecule has 5 N–H and O–H groups in total. The molecule has 0 unspecified atom stereocenters. The van der Waals surface area contributed by atoms with Gasteiger partial charge in [0, 0.05) is 0 Å². The van der Waals surface area contributed by atoms with E-state index in [0.29, 0.717) is 17.4 Å². The third-order valence-electron chi connectivity index (χ3n) is 2.62. The fourth-order valence-corrected chi connectivity index (χ4v) is 1.50. The van der Waals surface area contributed by atoms with Crippen LogP contribution in [0.3, 0.4) is 0 Å². The number of H-pyrrole nitrogens is 1. The van der Waals surface area contributed by atoms with Gasteiger partial charge in [-0.25, -0.2) is 0 Å². The molecule has 6 heteroatoms.